The molecule has 2 heterocycles. The average molecular weight is 413 g/mol. The van der Waals surface area contributed by atoms with E-state index in [0.717, 1.165) is 6.54 Å². The molecule has 24 heavy (non-hydrogen) atoms. The van der Waals surface area contributed by atoms with Crippen molar-refractivity contribution in [2.45, 2.75) is 12.8 Å². The van der Waals surface area contributed by atoms with Gasteiger partial charge in [0.25, 0.3) is 5.91 Å². The molecule has 2 N–H and O–H groups in total. The molecule has 1 amide bonds. The Kier molecular flexibility index (Phi) is 6.69. The maximum Gasteiger partial charge on any atom is 0.337 e. The standard InChI is InChI=1S/C10H11ClN2O.C6H4BrNO2/c11-9-4-3-8(6-12-9)10(14)13-5-7-1-2-7;7-5-2-1-4(3-8-5)6(9)10/h3-4,6-7H,1-2,5H2,(H,13,14);1-3H,(H,9,10). The van der Waals surface area contributed by atoms with Gasteiger partial charge in [0.2, 0.25) is 0 Å². The lowest BCUT2D eigenvalue weighted by molar-refractivity contribution is 0.0696. The van der Waals surface area contributed by atoms with Crippen molar-refractivity contribution in [3.63, 3.8) is 0 Å². The lowest BCUT2D eigenvalue weighted by Gasteiger charge is -2.02. The van der Waals surface area contributed by atoms with Crippen LogP contribution in [0.3, 0.4) is 0 Å². The van der Waals surface area contributed by atoms with Crippen molar-refractivity contribution in [2.24, 2.45) is 5.92 Å². The number of carbonyl (C=O) groups excluding carboxylic acids is 1. The molecule has 0 radical (unpaired) electrons. The summed E-state index contributed by atoms with van der Waals surface area (Å²) in [6.45, 7) is 0.779. The van der Waals surface area contributed by atoms with Gasteiger partial charge in [0.1, 0.15) is 9.76 Å². The van der Waals surface area contributed by atoms with Crippen LogP contribution in [0.5, 0.6) is 0 Å². The Balaban J connectivity index is 0.000000185. The first-order valence-corrected chi connectivity index (χ1v) is 8.37. The summed E-state index contributed by atoms with van der Waals surface area (Å²) in [5.41, 5.74) is 0.762. The number of amides is 1. The maximum absolute atomic E-state index is 11.5. The second kappa shape index (κ2) is 8.75. The quantitative estimate of drug-likeness (QED) is 0.751. The van der Waals surface area contributed by atoms with E-state index in [9.17, 15) is 9.59 Å². The summed E-state index contributed by atoms with van der Waals surface area (Å²) in [4.78, 5) is 29.3. The van der Waals surface area contributed by atoms with E-state index in [2.05, 4.69) is 31.2 Å². The van der Waals surface area contributed by atoms with E-state index in [1.54, 1.807) is 18.2 Å². The van der Waals surface area contributed by atoms with Crippen molar-refractivity contribution >= 4 is 39.4 Å². The third-order valence-electron chi connectivity index (χ3n) is 3.21. The van der Waals surface area contributed by atoms with Gasteiger partial charge in [0.05, 0.1) is 11.1 Å². The number of rotatable bonds is 4. The highest BCUT2D eigenvalue weighted by Gasteiger charge is 2.21. The minimum atomic E-state index is -0.958. The minimum absolute atomic E-state index is 0.0685. The Bertz CT molecular complexity index is 704. The Morgan fingerprint density at radius 2 is 1.83 bits per heavy atom. The molecule has 0 spiro atoms. The van der Waals surface area contributed by atoms with Crippen molar-refractivity contribution in [2.75, 3.05) is 6.54 Å². The Hall–Kier alpha value is -1.99. The Labute approximate surface area is 152 Å². The van der Waals surface area contributed by atoms with E-state index >= 15 is 0 Å². The average Bonchev–Trinajstić information content (AvgIpc) is 3.39. The summed E-state index contributed by atoms with van der Waals surface area (Å²) in [6.07, 6.45) is 5.26. The number of pyridine rings is 2. The van der Waals surface area contributed by atoms with Gasteiger partial charge in [-0.3, -0.25) is 4.79 Å². The molecule has 2 aromatic rings. The molecule has 1 aliphatic rings. The number of carboxylic acids is 1. The summed E-state index contributed by atoms with van der Waals surface area (Å²) < 4.78 is 0.637. The summed E-state index contributed by atoms with van der Waals surface area (Å²) >= 11 is 8.70. The van der Waals surface area contributed by atoms with Crippen LogP contribution in [0.1, 0.15) is 33.6 Å². The van der Waals surface area contributed by atoms with Crippen LogP contribution in [-0.2, 0) is 0 Å². The highest BCUT2D eigenvalue weighted by atomic mass is 79.9. The van der Waals surface area contributed by atoms with Crippen LogP contribution in [0.4, 0.5) is 0 Å². The van der Waals surface area contributed by atoms with Crippen LogP contribution in [-0.4, -0.2) is 33.5 Å². The Morgan fingerprint density at radius 3 is 2.33 bits per heavy atom. The van der Waals surface area contributed by atoms with Crippen LogP contribution >= 0.6 is 27.5 Å². The number of nitrogens with one attached hydrogen (secondary N) is 1. The highest BCUT2D eigenvalue weighted by molar-refractivity contribution is 9.10. The number of hydrogen-bond donors (Lipinski definition) is 2. The molecule has 6 nitrogen and oxygen atoms in total. The molecular formula is C16H15BrClN3O3. The smallest absolute Gasteiger partial charge is 0.337 e. The summed E-state index contributed by atoms with van der Waals surface area (Å²) in [7, 11) is 0. The zero-order chi connectivity index (χ0) is 17.5. The fourth-order valence-electron chi connectivity index (χ4n) is 1.67. The number of carbonyl (C=O) groups is 2. The molecule has 0 bridgehead atoms. The van der Waals surface area contributed by atoms with Crippen LogP contribution in [0.2, 0.25) is 5.15 Å². The monoisotopic (exact) mass is 411 g/mol. The summed E-state index contributed by atoms with van der Waals surface area (Å²) in [5.74, 6) is -0.333. The molecule has 1 saturated carbocycles. The third kappa shape index (κ3) is 6.25. The largest absolute Gasteiger partial charge is 0.478 e. The van der Waals surface area contributed by atoms with Crippen molar-refractivity contribution < 1.29 is 14.7 Å². The van der Waals surface area contributed by atoms with Gasteiger partial charge in [-0.2, -0.15) is 0 Å². The maximum atomic E-state index is 11.5. The lowest BCUT2D eigenvalue weighted by atomic mass is 10.2. The number of carboxylic acid groups (broad SMARTS) is 1. The molecule has 0 unspecified atom stereocenters. The van der Waals surface area contributed by atoms with E-state index in [0.29, 0.717) is 21.2 Å². The van der Waals surface area contributed by atoms with Gasteiger partial charge in [-0.1, -0.05) is 11.6 Å². The van der Waals surface area contributed by atoms with E-state index in [-0.39, 0.29) is 11.5 Å². The topological polar surface area (TPSA) is 92.2 Å². The molecule has 0 atom stereocenters. The predicted molar refractivity (Wildman–Crippen MR) is 93.2 cm³/mol. The van der Waals surface area contributed by atoms with Crippen LogP contribution in [0, 0.1) is 5.92 Å². The molecule has 1 fully saturated rings. The molecule has 0 saturated heterocycles. The first-order chi connectivity index (χ1) is 11.5. The fraction of sp³-hybridized carbons (Fsp3) is 0.250. The van der Waals surface area contributed by atoms with Crippen LogP contribution < -0.4 is 5.32 Å². The van der Waals surface area contributed by atoms with Crippen LogP contribution in [0.25, 0.3) is 0 Å². The molecule has 3 rings (SSSR count). The normalized spacial score (nSPS) is 12.8. The number of aromatic nitrogens is 2. The van der Waals surface area contributed by atoms with E-state index < -0.39 is 5.97 Å². The molecule has 2 aromatic heterocycles. The Morgan fingerprint density at radius 1 is 1.17 bits per heavy atom. The first kappa shape index (κ1) is 18.4. The van der Waals surface area contributed by atoms with E-state index in [1.807, 2.05) is 0 Å². The van der Waals surface area contributed by atoms with Crippen molar-refractivity contribution in [1.82, 2.24) is 15.3 Å². The van der Waals surface area contributed by atoms with E-state index in [1.165, 1.54) is 31.3 Å². The van der Waals surface area contributed by atoms with E-state index in [4.69, 9.17) is 16.7 Å². The zero-order valence-electron chi connectivity index (χ0n) is 12.6. The fourth-order valence-corrected chi connectivity index (χ4v) is 2.02. The number of halogens is 2. The van der Waals surface area contributed by atoms with Gasteiger partial charge < -0.3 is 10.4 Å². The zero-order valence-corrected chi connectivity index (χ0v) is 14.9. The molecule has 0 aromatic carbocycles. The highest BCUT2D eigenvalue weighted by Crippen LogP contribution is 2.27. The van der Waals surface area contributed by atoms with Gasteiger partial charge in [0.15, 0.2) is 0 Å². The van der Waals surface area contributed by atoms with Gasteiger partial charge in [-0.25, -0.2) is 14.8 Å². The molecular weight excluding hydrogens is 398 g/mol. The van der Waals surface area contributed by atoms with Crippen molar-refractivity contribution in [3.05, 3.63) is 57.5 Å². The number of nitrogens with zero attached hydrogens (tertiary/aromatic N) is 2. The molecule has 0 aliphatic heterocycles. The third-order valence-corrected chi connectivity index (χ3v) is 3.90. The molecule has 126 valence electrons. The first-order valence-electron chi connectivity index (χ1n) is 7.20. The molecule has 1 aliphatic carbocycles. The second-order valence-corrected chi connectivity index (χ2v) is 6.40. The van der Waals surface area contributed by atoms with Gasteiger partial charge in [-0.05, 0) is 59.0 Å². The number of aromatic carboxylic acids is 1. The second-order valence-electron chi connectivity index (χ2n) is 5.20. The SMILES string of the molecule is O=C(NCC1CC1)c1ccc(Cl)nc1.O=C(O)c1ccc(Br)nc1. The van der Waals surface area contributed by atoms with Crippen molar-refractivity contribution in [3.8, 4) is 0 Å². The minimum Gasteiger partial charge on any atom is -0.478 e. The van der Waals surface area contributed by atoms with Gasteiger partial charge >= 0.3 is 5.97 Å². The van der Waals surface area contributed by atoms with Gasteiger partial charge in [-0.15, -0.1) is 0 Å². The van der Waals surface area contributed by atoms with Crippen molar-refractivity contribution in [1.29, 1.82) is 0 Å². The predicted octanol–water partition coefficient (Wildman–Crippen LogP) is 3.42. The lowest BCUT2D eigenvalue weighted by Crippen LogP contribution is -2.25. The molecule has 8 heteroatoms. The van der Waals surface area contributed by atoms with Gasteiger partial charge in [0, 0.05) is 18.9 Å². The summed E-state index contributed by atoms with van der Waals surface area (Å²) in [6, 6.07) is 6.37. The number of hydrogen-bond acceptors (Lipinski definition) is 4. The summed E-state index contributed by atoms with van der Waals surface area (Å²) in [5, 5.41) is 11.7. The van der Waals surface area contributed by atoms with Crippen LogP contribution in [0.15, 0.2) is 41.3 Å².